The fraction of sp³-hybridized carbons (Fsp3) is 0.750. The van der Waals surface area contributed by atoms with Gasteiger partial charge in [-0.1, -0.05) is 0 Å². The molecule has 1 aromatic heterocycles. The number of rotatable bonds is 3. The molecule has 1 aliphatic rings. The summed E-state index contributed by atoms with van der Waals surface area (Å²) in [6.07, 6.45) is 0.759. The van der Waals surface area contributed by atoms with E-state index < -0.39 is 5.60 Å². The van der Waals surface area contributed by atoms with Gasteiger partial charge in [0.1, 0.15) is 0 Å². The molecule has 1 aliphatic heterocycles. The molecule has 1 atom stereocenters. The molecule has 1 unspecified atom stereocenters. The fourth-order valence-corrected chi connectivity index (χ4v) is 1.79. The monoisotopic (exact) mass is 262 g/mol. The van der Waals surface area contributed by atoms with Crippen molar-refractivity contribution in [2.24, 2.45) is 0 Å². The molecule has 14 heavy (non-hydrogen) atoms. The molecule has 2 heterocycles. The normalized spacial score (nSPS) is 27.0. The Morgan fingerprint density at radius 2 is 2.50 bits per heavy atom. The van der Waals surface area contributed by atoms with Crippen LogP contribution in [0.2, 0.25) is 0 Å². The molecule has 0 N–H and O–H groups in total. The van der Waals surface area contributed by atoms with Crippen LogP contribution in [0.15, 0.2) is 9.26 Å². The van der Waals surface area contributed by atoms with Gasteiger partial charge in [-0.2, -0.15) is 4.98 Å². The van der Waals surface area contributed by atoms with Gasteiger partial charge in [-0.05, 0) is 28.0 Å². The highest BCUT2D eigenvalue weighted by Gasteiger charge is 2.42. The van der Waals surface area contributed by atoms with E-state index in [1.165, 1.54) is 0 Å². The van der Waals surface area contributed by atoms with Crippen LogP contribution in [0.3, 0.4) is 0 Å². The first-order valence-electron chi connectivity index (χ1n) is 4.48. The molecular formula is C8H11BrN2O3. The Balaban J connectivity index is 2.26. The Hall–Kier alpha value is -0.460. The zero-order valence-electron chi connectivity index (χ0n) is 7.83. The summed E-state index contributed by atoms with van der Waals surface area (Å²) in [6, 6.07) is 0. The standard InChI is InChI=1S/C8H11BrN2O3/c1-2-13-8(3-4-12-5-8)6-10-7(9)11-14-6/h2-5H2,1H3. The minimum absolute atomic E-state index is 0.443. The number of halogens is 1. The van der Waals surface area contributed by atoms with Crippen molar-refractivity contribution in [3.8, 4) is 0 Å². The first kappa shape index (κ1) is 10.1. The van der Waals surface area contributed by atoms with Gasteiger partial charge in [0.15, 0.2) is 5.60 Å². The van der Waals surface area contributed by atoms with Crippen LogP contribution in [0.1, 0.15) is 19.2 Å². The van der Waals surface area contributed by atoms with E-state index in [1.54, 1.807) is 0 Å². The first-order chi connectivity index (χ1) is 6.77. The van der Waals surface area contributed by atoms with Crippen molar-refractivity contribution >= 4 is 15.9 Å². The Morgan fingerprint density at radius 1 is 1.64 bits per heavy atom. The zero-order valence-corrected chi connectivity index (χ0v) is 9.41. The molecule has 1 fully saturated rings. The smallest absolute Gasteiger partial charge is 0.262 e. The third-order valence-corrected chi connectivity index (χ3v) is 2.52. The molecule has 1 aromatic rings. The molecule has 0 aromatic carbocycles. The lowest BCUT2D eigenvalue weighted by Gasteiger charge is -2.22. The van der Waals surface area contributed by atoms with Gasteiger partial charge in [-0.15, -0.1) is 0 Å². The van der Waals surface area contributed by atoms with Crippen molar-refractivity contribution in [2.45, 2.75) is 18.9 Å². The van der Waals surface area contributed by atoms with E-state index >= 15 is 0 Å². The van der Waals surface area contributed by atoms with Crippen molar-refractivity contribution < 1.29 is 14.0 Å². The highest BCUT2D eigenvalue weighted by molar-refractivity contribution is 9.10. The molecule has 0 spiro atoms. The third-order valence-electron chi connectivity index (χ3n) is 2.20. The molecule has 1 saturated heterocycles. The summed E-state index contributed by atoms with van der Waals surface area (Å²) in [5, 5.41) is 3.68. The van der Waals surface area contributed by atoms with Gasteiger partial charge in [0.2, 0.25) is 4.73 Å². The highest BCUT2D eigenvalue weighted by atomic mass is 79.9. The second kappa shape index (κ2) is 3.96. The third kappa shape index (κ3) is 1.69. The van der Waals surface area contributed by atoms with E-state index in [9.17, 15) is 0 Å². The van der Waals surface area contributed by atoms with Crippen LogP contribution >= 0.6 is 15.9 Å². The van der Waals surface area contributed by atoms with E-state index in [0.29, 0.717) is 30.4 Å². The van der Waals surface area contributed by atoms with Crippen molar-refractivity contribution in [3.05, 3.63) is 10.6 Å². The largest absolute Gasteiger partial charge is 0.378 e. The molecule has 0 bridgehead atoms. The van der Waals surface area contributed by atoms with Crippen LogP contribution in [-0.4, -0.2) is 30.0 Å². The second-order valence-corrected chi connectivity index (χ2v) is 3.81. The molecule has 0 radical (unpaired) electrons. The van der Waals surface area contributed by atoms with Crippen molar-refractivity contribution in [1.29, 1.82) is 0 Å². The van der Waals surface area contributed by atoms with E-state index in [0.717, 1.165) is 6.42 Å². The van der Waals surface area contributed by atoms with Crippen molar-refractivity contribution in [3.63, 3.8) is 0 Å². The molecule has 2 rings (SSSR count). The Labute approximate surface area is 89.9 Å². The first-order valence-corrected chi connectivity index (χ1v) is 5.27. The molecule has 6 heteroatoms. The molecule has 5 nitrogen and oxygen atoms in total. The average Bonchev–Trinajstić information content (AvgIpc) is 2.75. The molecular weight excluding hydrogens is 252 g/mol. The van der Waals surface area contributed by atoms with Crippen molar-refractivity contribution in [2.75, 3.05) is 19.8 Å². The predicted octanol–water partition coefficient (Wildman–Crippen LogP) is 1.48. The van der Waals surface area contributed by atoms with Gasteiger partial charge >= 0.3 is 0 Å². The van der Waals surface area contributed by atoms with Crippen LogP contribution in [0.5, 0.6) is 0 Å². The Morgan fingerprint density at radius 3 is 3.00 bits per heavy atom. The summed E-state index contributed by atoms with van der Waals surface area (Å²) in [7, 11) is 0. The summed E-state index contributed by atoms with van der Waals surface area (Å²) >= 11 is 3.14. The molecule has 0 amide bonds. The van der Waals surface area contributed by atoms with E-state index in [4.69, 9.17) is 14.0 Å². The Bertz CT molecular complexity index is 309. The number of hydrogen-bond acceptors (Lipinski definition) is 5. The van der Waals surface area contributed by atoms with Gasteiger partial charge < -0.3 is 14.0 Å². The van der Waals surface area contributed by atoms with E-state index in [1.807, 2.05) is 6.92 Å². The van der Waals surface area contributed by atoms with Crippen LogP contribution < -0.4 is 0 Å². The predicted molar refractivity (Wildman–Crippen MR) is 50.7 cm³/mol. The van der Waals surface area contributed by atoms with Gasteiger partial charge in [0.05, 0.1) is 13.2 Å². The number of hydrogen-bond donors (Lipinski definition) is 0. The summed E-state index contributed by atoms with van der Waals surface area (Å²) in [4.78, 5) is 4.12. The van der Waals surface area contributed by atoms with Gasteiger partial charge in [-0.3, -0.25) is 0 Å². The lowest BCUT2D eigenvalue weighted by Crippen LogP contribution is -2.30. The van der Waals surface area contributed by atoms with E-state index in [2.05, 4.69) is 26.1 Å². The second-order valence-electron chi connectivity index (χ2n) is 3.10. The number of aromatic nitrogens is 2. The SMILES string of the molecule is CCOC1(c2nc(Br)no2)CCOC1. The maximum Gasteiger partial charge on any atom is 0.262 e. The van der Waals surface area contributed by atoms with Crippen molar-refractivity contribution in [1.82, 2.24) is 10.1 Å². The number of nitrogens with zero attached hydrogens (tertiary/aromatic N) is 2. The summed E-state index contributed by atoms with van der Waals surface area (Å²) < 4.78 is 16.5. The maximum atomic E-state index is 5.65. The summed E-state index contributed by atoms with van der Waals surface area (Å²) in [5.41, 5.74) is -0.534. The lowest BCUT2D eigenvalue weighted by molar-refractivity contribution is -0.0687. The van der Waals surface area contributed by atoms with Crippen LogP contribution in [0.25, 0.3) is 0 Å². The topological polar surface area (TPSA) is 57.4 Å². The van der Waals surface area contributed by atoms with Crippen LogP contribution in [0.4, 0.5) is 0 Å². The molecule has 0 saturated carbocycles. The number of ether oxygens (including phenoxy) is 2. The average molecular weight is 263 g/mol. The summed E-state index contributed by atoms with van der Waals surface area (Å²) in [6.45, 7) is 3.68. The molecule has 78 valence electrons. The minimum atomic E-state index is -0.534. The maximum absolute atomic E-state index is 5.65. The quantitative estimate of drug-likeness (QED) is 0.826. The fourth-order valence-electron chi connectivity index (χ4n) is 1.56. The lowest BCUT2D eigenvalue weighted by atomic mass is 10.0. The minimum Gasteiger partial charge on any atom is -0.378 e. The Kier molecular flexibility index (Phi) is 2.85. The van der Waals surface area contributed by atoms with Crippen LogP contribution in [0, 0.1) is 0 Å². The zero-order chi connectivity index (χ0) is 10.0. The van der Waals surface area contributed by atoms with Crippen LogP contribution in [-0.2, 0) is 15.1 Å². The highest BCUT2D eigenvalue weighted by Crippen LogP contribution is 2.33. The van der Waals surface area contributed by atoms with Gasteiger partial charge in [0, 0.05) is 13.0 Å². The summed E-state index contributed by atoms with van der Waals surface area (Å²) in [5.74, 6) is 0.490. The van der Waals surface area contributed by atoms with E-state index in [-0.39, 0.29) is 0 Å². The van der Waals surface area contributed by atoms with Gasteiger partial charge in [0.25, 0.3) is 5.89 Å². The van der Waals surface area contributed by atoms with Gasteiger partial charge in [-0.25, -0.2) is 0 Å². The molecule has 0 aliphatic carbocycles.